The second-order valence-corrected chi connectivity index (χ2v) is 7.47. The summed E-state index contributed by atoms with van der Waals surface area (Å²) in [7, 11) is 1.94. The third-order valence-electron chi connectivity index (χ3n) is 4.99. The van der Waals surface area contributed by atoms with Crippen LogP contribution in [0.3, 0.4) is 0 Å². The molecule has 0 saturated carbocycles. The molecule has 0 unspecified atom stereocenters. The van der Waals surface area contributed by atoms with E-state index in [0.29, 0.717) is 6.42 Å². The van der Waals surface area contributed by atoms with Crippen molar-refractivity contribution < 1.29 is 31.4 Å². The van der Waals surface area contributed by atoms with E-state index in [4.69, 9.17) is 4.74 Å². The molecular formula is C22H23F5N4O3. The maximum atomic E-state index is 14.1. The Morgan fingerprint density at radius 2 is 1.85 bits per heavy atom. The number of pyridine rings is 2. The van der Waals surface area contributed by atoms with Crippen molar-refractivity contribution in [3.63, 3.8) is 0 Å². The van der Waals surface area contributed by atoms with Gasteiger partial charge in [0.2, 0.25) is 0 Å². The number of nitrogens with zero attached hydrogens (tertiary/aromatic N) is 2. The lowest BCUT2D eigenvalue weighted by molar-refractivity contribution is -0.275. The van der Waals surface area contributed by atoms with E-state index in [1.54, 1.807) is 0 Å². The monoisotopic (exact) mass is 486 g/mol. The molecule has 2 N–H and O–H groups in total. The second kappa shape index (κ2) is 10.7. The zero-order valence-corrected chi connectivity index (χ0v) is 18.4. The van der Waals surface area contributed by atoms with Crippen molar-refractivity contribution in [2.45, 2.75) is 26.1 Å². The number of fused-ring (bicyclic) bond motifs is 1. The molecule has 2 aromatic heterocycles. The molecule has 0 fully saturated rings. The highest BCUT2D eigenvalue weighted by molar-refractivity contribution is 5.97. The first-order chi connectivity index (χ1) is 16.1. The molecule has 7 nitrogen and oxygen atoms in total. The van der Waals surface area contributed by atoms with Gasteiger partial charge in [-0.15, -0.1) is 13.2 Å². The van der Waals surface area contributed by atoms with E-state index in [1.807, 2.05) is 14.0 Å². The van der Waals surface area contributed by atoms with Crippen LogP contribution in [-0.2, 0) is 0 Å². The first kappa shape index (κ1) is 25.2. The summed E-state index contributed by atoms with van der Waals surface area (Å²) in [4.78, 5) is 20.2. The molecule has 0 aliphatic heterocycles. The number of hydrogen-bond acceptors (Lipinski definition) is 6. The van der Waals surface area contributed by atoms with E-state index in [9.17, 15) is 26.7 Å². The molecular weight excluding hydrogens is 463 g/mol. The number of unbranched alkanes of at least 4 members (excludes halogenated alkanes) is 1. The number of anilines is 2. The number of ether oxygens (including phenoxy) is 2. The van der Waals surface area contributed by atoms with Crippen LogP contribution in [0, 0.1) is 11.6 Å². The number of rotatable bonds is 10. The van der Waals surface area contributed by atoms with Crippen LogP contribution in [-0.4, -0.2) is 48.0 Å². The Kier molecular flexibility index (Phi) is 7.92. The number of hydrogen-bond donors (Lipinski definition) is 2. The fourth-order valence-corrected chi connectivity index (χ4v) is 3.21. The van der Waals surface area contributed by atoms with E-state index in [1.165, 1.54) is 6.07 Å². The molecule has 0 spiro atoms. The van der Waals surface area contributed by atoms with Gasteiger partial charge in [0.15, 0.2) is 23.1 Å². The second-order valence-electron chi connectivity index (χ2n) is 7.47. The quantitative estimate of drug-likeness (QED) is 0.312. The van der Waals surface area contributed by atoms with E-state index in [2.05, 4.69) is 24.9 Å². The molecule has 3 aromatic rings. The lowest BCUT2D eigenvalue weighted by Crippen LogP contribution is -2.20. The van der Waals surface area contributed by atoms with Crippen LogP contribution in [0.5, 0.6) is 11.5 Å². The number of halogens is 5. The van der Waals surface area contributed by atoms with Crippen LogP contribution < -0.4 is 20.3 Å². The van der Waals surface area contributed by atoms with Crippen molar-refractivity contribution in [1.82, 2.24) is 14.9 Å². The number of H-pyrrole nitrogens is 1. The highest BCUT2D eigenvalue weighted by Gasteiger charge is 2.33. The fraction of sp³-hybridized carbons (Fsp3) is 0.364. The maximum absolute atomic E-state index is 14.1. The van der Waals surface area contributed by atoms with Gasteiger partial charge in [0.25, 0.3) is 5.56 Å². The van der Waals surface area contributed by atoms with Gasteiger partial charge < -0.3 is 24.7 Å². The Morgan fingerprint density at radius 1 is 1.15 bits per heavy atom. The van der Waals surface area contributed by atoms with Crippen molar-refractivity contribution in [1.29, 1.82) is 0 Å². The van der Waals surface area contributed by atoms with Gasteiger partial charge in [-0.3, -0.25) is 9.78 Å². The summed E-state index contributed by atoms with van der Waals surface area (Å²) in [5.74, 6) is -3.02. The molecule has 0 radical (unpaired) electrons. The van der Waals surface area contributed by atoms with Crippen molar-refractivity contribution in [2.75, 3.05) is 32.1 Å². The van der Waals surface area contributed by atoms with Crippen molar-refractivity contribution in [3.05, 3.63) is 52.6 Å². The van der Waals surface area contributed by atoms with E-state index < -0.39 is 35.0 Å². The van der Waals surface area contributed by atoms with Crippen LogP contribution in [0.15, 0.2) is 35.4 Å². The third kappa shape index (κ3) is 6.34. The summed E-state index contributed by atoms with van der Waals surface area (Å²) in [5, 5.41) is 2.64. The summed E-state index contributed by atoms with van der Waals surface area (Å²) in [5.41, 5.74) is -1.46. The molecule has 184 valence electrons. The smallest absolute Gasteiger partial charge is 0.488 e. The van der Waals surface area contributed by atoms with Crippen molar-refractivity contribution in [2.24, 2.45) is 0 Å². The molecule has 12 heteroatoms. The Bertz CT molecular complexity index is 1180. The van der Waals surface area contributed by atoms with Crippen LogP contribution >= 0.6 is 0 Å². The highest BCUT2D eigenvalue weighted by Crippen LogP contribution is 2.40. The molecule has 0 atom stereocenters. The number of alkyl halides is 3. The molecule has 0 aliphatic carbocycles. The van der Waals surface area contributed by atoms with E-state index in [-0.39, 0.29) is 28.9 Å². The number of aromatic amines is 1. The summed E-state index contributed by atoms with van der Waals surface area (Å²) in [6.45, 7) is 3.68. The summed E-state index contributed by atoms with van der Waals surface area (Å²) < 4.78 is 76.7. The highest BCUT2D eigenvalue weighted by atomic mass is 19.4. The summed E-state index contributed by atoms with van der Waals surface area (Å²) in [6, 6.07) is 3.25. The minimum absolute atomic E-state index is 0.0456. The average Bonchev–Trinajstić information content (AvgIpc) is 2.75. The van der Waals surface area contributed by atoms with E-state index >= 15 is 0 Å². The van der Waals surface area contributed by atoms with Gasteiger partial charge in [-0.2, -0.15) is 0 Å². The molecule has 0 aliphatic rings. The molecule has 1 aromatic carbocycles. The van der Waals surface area contributed by atoms with Crippen molar-refractivity contribution in [3.8, 4) is 11.5 Å². The summed E-state index contributed by atoms with van der Waals surface area (Å²) in [6.07, 6.45) is -2.19. The van der Waals surface area contributed by atoms with Gasteiger partial charge in [-0.1, -0.05) is 6.92 Å². The largest absolute Gasteiger partial charge is 0.573 e. The van der Waals surface area contributed by atoms with Gasteiger partial charge >= 0.3 is 6.36 Å². The Balaban J connectivity index is 2.00. The van der Waals surface area contributed by atoms with Gasteiger partial charge in [0, 0.05) is 11.5 Å². The minimum Gasteiger partial charge on any atom is -0.488 e. The van der Waals surface area contributed by atoms with Crippen LogP contribution in [0.2, 0.25) is 0 Å². The topological polar surface area (TPSA) is 79.5 Å². The Hall–Kier alpha value is -3.41. The lowest BCUT2D eigenvalue weighted by atomic mass is 10.1. The lowest BCUT2D eigenvalue weighted by Gasteiger charge is -2.18. The number of aromatic nitrogens is 2. The number of nitrogens with one attached hydrogen (secondary N) is 2. The Morgan fingerprint density at radius 3 is 2.50 bits per heavy atom. The molecule has 34 heavy (non-hydrogen) atoms. The van der Waals surface area contributed by atoms with Gasteiger partial charge in [0.05, 0.1) is 30.2 Å². The standard InChI is InChI=1S/C22H23F5N4O3/c1-3-31(2)8-4-5-9-33-21-17(34-22(25,26)27)7-6-13-16(10-18(32)30-19(13)21)29-20-14(23)11-28-12-15(20)24/h6-7,10-12H,3-5,8-9H2,1-2H3,(H2,28,29,30,32). The van der Waals surface area contributed by atoms with Crippen LogP contribution in [0.25, 0.3) is 10.9 Å². The number of benzene rings is 1. The van der Waals surface area contributed by atoms with Crippen LogP contribution in [0.4, 0.5) is 33.3 Å². The zero-order valence-electron chi connectivity index (χ0n) is 18.4. The third-order valence-corrected chi connectivity index (χ3v) is 4.99. The molecule has 3 rings (SSSR count). The normalized spacial score (nSPS) is 11.8. The average molecular weight is 486 g/mol. The maximum Gasteiger partial charge on any atom is 0.573 e. The molecule has 0 amide bonds. The zero-order chi connectivity index (χ0) is 24.9. The Labute approximate surface area is 191 Å². The first-order valence-corrected chi connectivity index (χ1v) is 10.4. The molecule has 0 bridgehead atoms. The first-order valence-electron chi connectivity index (χ1n) is 10.4. The summed E-state index contributed by atoms with van der Waals surface area (Å²) >= 11 is 0. The van der Waals surface area contributed by atoms with Gasteiger partial charge in [-0.05, 0) is 45.1 Å². The van der Waals surface area contributed by atoms with Crippen molar-refractivity contribution >= 4 is 22.3 Å². The predicted octanol–water partition coefficient (Wildman–Crippen LogP) is 4.95. The fourth-order valence-electron chi connectivity index (χ4n) is 3.21. The molecule has 2 heterocycles. The SMILES string of the molecule is CCN(C)CCCCOc1c(OC(F)(F)F)ccc2c(Nc3c(F)cncc3F)cc(=O)[nH]c12. The van der Waals surface area contributed by atoms with E-state index in [0.717, 1.165) is 44.0 Å². The van der Waals surface area contributed by atoms with Gasteiger partial charge in [0.1, 0.15) is 5.69 Å². The van der Waals surface area contributed by atoms with Crippen LogP contribution in [0.1, 0.15) is 19.8 Å². The van der Waals surface area contributed by atoms with Gasteiger partial charge in [-0.25, -0.2) is 8.78 Å². The predicted molar refractivity (Wildman–Crippen MR) is 117 cm³/mol. The minimum atomic E-state index is -5.00. The molecule has 0 saturated heterocycles.